The Labute approximate surface area is 147 Å². The van der Waals surface area contributed by atoms with Gasteiger partial charge in [0.1, 0.15) is 11.9 Å². The Hall–Kier alpha value is -2.83. The van der Waals surface area contributed by atoms with Crippen molar-refractivity contribution in [2.45, 2.75) is 32.9 Å². The average Bonchev–Trinajstić information content (AvgIpc) is 3.10. The van der Waals surface area contributed by atoms with Gasteiger partial charge >= 0.3 is 6.09 Å². The zero-order chi connectivity index (χ0) is 18.4. The van der Waals surface area contributed by atoms with Gasteiger partial charge in [-0.15, -0.1) is 0 Å². The van der Waals surface area contributed by atoms with Crippen molar-refractivity contribution in [3.8, 4) is 11.3 Å². The SMILES string of the molecule is COC(=O)N[C@@H](C(=O)N[C@@H](C)c1ncc(-c2ccccc2)[nH]1)C(C)C. The highest BCUT2D eigenvalue weighted by atomic mass is 16.5. The largest absolute Gasteiger partial charge is 0.453 e. The van der Waals surface area contributed by atoms with Gasteiger partial charge in [-0.2, -0.15) is 0 Å². The molecule has 134 valence electrons. The smallest absolute Gasteiger partial charge is 0.407 e. The van der Waals surface area contributed by atoms with Crippen molar-refractivity contribution in [2.75, 3.05) is 7.11 Å². The van der Waals surface area contributed by atoms with Crippen LogP contribution in [0.1, 0.15) is 32.6 Å². The van der Waals surface area contributed by atoms with Crippen LogP contribution in [0.3, 0.4) is 0 Å². The molecule has 1 heterocycles. The molecule has 0 aliphatic rings. The van der Waals surface area contributed by atoms with Crippen molar-refractivity contribution in [3.05, 3.63) is 42.4 Å². The summed E-state index contributed by atoms with van der Waals surface area (Å²) in [6, 6.07) is 8.80. The molecule has 0 aliphatic carbocycles. The Bertz CT molecular complexity index is 712. The monoisotopic (exact) mass is 344 g/mol. The lowest BCUT2D eigenvalue weighted by atomic mass is 10.0. The molecule has 0 spiro atoms. The summed E-state index contributed by atoms with van der Waals surface area (Å²) in [4.78, 5) is 31.5. The molecule has 2 rings (SSSR count). The van der Waals surface area contributed by atoms with E-state index in [9.17, 15) is 9.59 Å². The summed E-state index contributed by atoms with van der Waals surface area (Å²) in [6.07, 6.45) is 1.10. The molecule has 7 heteroatoms. The molecule has 0 radical (unpaired) electrons. The van der Waals surface area contributed by atoms with Crippen LogP contribution in [0.5, 0.6) is 0 Å². The zero-order valence-corrected chi connectivity index (χ0v) is 14.9. The molecule has 0 saturated carbocycles. The molecule has 2 amide bonds. The van der Waals surface area contributed by atoms with Crippen LogP contribution >= 0.6 is 0 Å². The van der Waals surface area contributed by atoms with E-state index in [-0.39, 0.29) is 17.9 Å². The fraction of sp³-hybridized carbons (Fsp3) is 0.389. The lowest BCUT2D eigenvalue weighted by molar-refractivity contribution is -0.124. The number of aromatic nitrogens is 2. The summed E-state index contributed by atoms with van der Waals surface area (Å²) in [6.45, 7) is 5.54. The normalized spacial score (nSPS) is 13.2. The van der Waals surface area contributed by atoms with Crippen molar-refractivity contribution < 1.29 is 14.3 Å². The first-order valence-corrected chi connectivity index (χ1v) is 8.17. The van der Waals surface area contributed by atoms with E-state index in [4.69, 9.17) is 0 Å². The van der Waals surface area contributed by atoms with Crippen LogP contribution in [0.25, 0.3) is 11.3 Å². The molecular formula is C18H24N4O3. The highest BCUT2D eigenvalue weighted by molar-refractivity contribution is 5.86. The Morgan fingerprint density at radius 2 is 1.80 bits per heavy atom. The second-order valence-electron chi connectivity index (χ2n) is 6.14. The third-order valence-corrected chi connectivity index (χ3v) is 3.86. The maximum atomic E-state index is 12.5. The Kier molecular flexibility index (Phi) is 6.16. The number of imidazole rings is 1. The van der Waals surface area contributed by atoms with Gasteiger partial charge < -0.3 is 20.4 Å². The first kappa shape index (κ1) is 18.5. The van der Waals surface area contributed by atoms with Crippen molar-refractivity contribution in [1.29, 1.82) is 0 Å². The van der Waals surface area contributed by atoms with Crippen LogP contribution in [0.15, 0.2) is 36.5 Å². The molecular weight excluding hydrogens is 320 g/mol. The molecule has 0 unspecified atom stereocenters. The summed E-state index contributed by atoms with van der Waals surface area (Å²) in [5.41, 5.74) is 1.90. The Balaban J connectivity index is 2.05. The zero-order valence-electron chi connectivity index (χ0n) is 14.9. The highest BCUT2D eigenvalue weighted by Crippen LogP contribution is 2.19. The number of rotatable bonds is 6. The fourth-order valence-corrected chi connectivity index (χ4v) is 2.41. The third-order valence-electron chi connectivity index (χ3n) is 3.86. The molecule has 1 aromatic carbocycles. The number of hydrogen-bond acceptors (Lipinski definition) is 4. The van der Waals surface area contributed by atoms with Crippen LogP contribution < -0.4 is 10.6 Å². The van der Waals surface area contributed by atoms with Crippen LogP contribution in [-0.2, 0) is 9.53 Å². The van der Waals surface area contributed by atoms with Crippen LogP contribution in [-0.4, -0.2) is 35.1 Å². The number of hydrogen-bond donors (Lipinski definition) is 3. The van der Waals surface area contributed by atoms with Crippen LogP contribution in [0.4, 0.5) is 4.79 Å². The second kappa shape index (κ2) is 8.32. The van der Waals surface area contributed by atoms with Gasteiger partial charge in [-0.3, -0.25) is 4.79 Å². The molecule has 0 fully saturated rings. The van der Waals surface area contributed by atoms with Gasteiger partial charge in [0, 0.05) is 0 Å². The number of H-pyrrole nitrogens is 1. The first-order valence-electron chi connectivity index (χ1n) is 8.17. The van der Waals surface area contributed by atoms with Crippen LogP contribution in [0.2, 0.25) is 0 Å². The number of ether oxygens (including phenoxy) is 1. The summed E-state index contributed by atoms with van der Waals surface area (Å²) >= 11 is 0. The molecule has 25 heavy (non-hydrogen) atoms. The van der Waals surface area contributed by atoms with Crippen LogP contribution in [0, 0.1) is 5.92 Å². The van der Waals surface area contributed by atoms with Gasteiger partial charge in [-0.1, -0.05) is 44.2 Å². The maximum absolute atomic E-state index is 12.5. The second-order valence-corrected chi connectivity index (χ2v) is 6.14. The number of amides is 2. The van der Waals surface area contributed by atoms with Gasteiger partial charge in [-0.05, 0) is 18.4 Å². The average molecular weight is 344 g/mol. The molecule has 0 aliphatic heterocycles. The summed E-state index contributed by atoms with van der Waals surface area (Å²) in [5, 5.41) is 5.42. The third kappa shape index (κ3) is 4.82. The molecule has 0 bridgehead atoms. The number of aromatic amines is 1. The number of alkyl carbamates (subject to hydrolysis) is 1. The summed E-state index contributed by atoms with van der Waals surface area (Å²) in [5.74, 6) is 0.279. The number of methoxy groups -OCH3 is 1. The van der Waals surface area contributed by atoms with Crippen molar-refractivity contribution in [3.63, 3.8) is 0 Å². The first-order chi connectivity index (χ1) is 11.9. The van der Waals surface area contributed by atoms with Gasteiger partial charge in [0.05, 0.1) is 25.0 Å². The maximum Gasteiger partial charge on any atom is 0.407 e. The van der Waals surface area contributed by atoms with Crippen molar-refractivity contribution in [1.82, 2.24) is 20.6 Å². The van der Waals surface area contributed by atoms with E-state index in [1.54, 1.807) is 6.20 Å². The lowest BCUT2D eigenvalue weighted by Crippen LogP contribution is -2.50. The minimum absolute atomic E-state index is 0.0808. The fourth-order valence-electron chi connectivity index (χ4n) is 2.41. The predicted octanol–water partition coefficient (Wildman–Crippen LogP) is 2.63. The van der Waals surface area contributed by atoms with E-state index in [0.29, 0.717) is 5.82 Å². The number of carbonyl (C=O) groups is 2. The van der Waals surface area contributed by atoms with Gasteiger partial charge in [0.25, 0.3) is 0 Å². The van der Waals surface area contributed by atoms with E-state index in [1.807, 2.05) is 51.1 Å². The Morgan fingerprint density at radius 1 is 1.12 bits per heavy atom. The van der Waals surface area contributed by atoms with Crippen molar-refractivity contribution in [2.24, 2.45) is 5.92 Å². The topological polar surface area (TPSA) is 96.1 Å². The van der Waals surface area contributed by atoms with E-state index in [1.165, 1.54) is 7.11 Å². The predicted molar refractivity (Wildman–Crippen MR) is 94.7 cm³/mol. The quantitative estimate of drug-likeness (QED) is 0.750. The van der Waals surface area contributed by atoms with E-state index < -0.39 is 12.1 Å². The van der Waals surface area contributed by atoms with Gasteiger partial charge in [0.15, 0.2) is 0 Å². The van der Waals surface area contributed by atoms with E-state index >= 15 is 0 Å². The van der Waals surface area contributed by atoms with E-state index in [2.05, 4.69) is 25.3 Å². The number of nitrogens with zero attached hydrogens (tertiary/aromatic N) is 1. The standard InChI is InChI=1S/C18H24N4O3/c1-11(2)15(22-18(24)25-4)17(23)20-12(3)16-19-10-14(21-16)13-8-6-5-7-9-13/h5-12,15H,1-4H3,(H,19,21)(H,20,23)(H,22,24)/t12-,15+/m0/s1. The highest BCUT2D eigenvalue weighted by Gasteiger charge is 2.26. The minimum atomic E-state index is -0.682. The Morgan fingerprint density at radius 3 is 2.40 bits per heavy atom. The van der Waals surface area contributed by atoms with Gasteiger partial charge in [-0.25, -0.2) is 9.78 Å². The number of nitrogens with one attached hydrogen (secondary N) is 3. The molecule has 1 aromatic heterocycles. The molecule has 2 aromatic rings. The lowest BCUT2D eigenvalue weighted by Gasteiger charge is -2.22. The molecule has 2 atom stereocenters. The molecule has 0 saturated heterocycles. The van der Waals surface area contributed by atoms with Gasteiger partial charge in [0.2, 0.25) is 5.91 Å². The van der Waals surface area contributed by atoms with E-state index in [0.717, 1.165) is 11.3 Å². The summed E-state index contributed by atoms with van der Waals surface area (Å²) < 4.78 is 4.57. The molecule has 7 nitrogen and oxygen atoms in total. The molecule has 3 N–H and O–H groups in total. The van der Waals surface area contributed by atoms with Crippen molar-refractivity contribution >= 4 is 12.0 Å². The number of benzene rings is 1. The summed E-state index contributed by atoms with van der Waals surface area (Å²) in [7, 11) is 1.27. The minimum Gasteiger partial charge on any atom is -0.453 e. The number of carbonyl (C=O) groups excluding carboxylic acids is 2.